The summed E-state index contributed by atoms with van der Waals surface area (Å²) in [6, 6.07) is 16.7. The highest BCUT2D eigenvalue weighted by Gasteiger charge is 2.13. The third-order valence-corrected chi connectivity index (χ3v) is 4.29. The molecule has 2 heterocycles. The second-order valence-electron chi connectivity index (χ2n) is 4.64. The van der Waals surface area contributed by atoms with Crippen molar-refractivity contribution in [1.82, 2.24) is 0 Å². The first kappa shape index (κ1) is 13.2. The monoisotopic (exact) mass is 284 g/mol. The van der Waals surface area contributed by atoms with E-state index in [1.54, 1.807) is 24.7 Å². The minimum Gasteiger partial charge on any atom is -0.464 e. The van der Waals surface area contributed by atoms with Crippen molar-refractivity contribution < 1.29 is 9.15 Å². The van der Waals surface area contributed by atoms with E-state index < -0.39 is 0 Å². The molecule has 102 valence electrons. The van der Waals surface area contributed by atoms with E-state index in [1.807, 2.05) is 18.2 Å². The lowest BCUT2D eigenvalue weighted by molar-refractivity contribution is 0.187. The van der Waals surface area contributed by atoms with Crippen LogP contribution in [-0.2, 0) is 17.8 Å². The zero-order valence-corrected chi connectivity index (χ0v) is 12.2. The summed E-state index contributed by atoms with van der Waals surface area (Å²) in [6.45, 7) is 0.646. The molecule has 0 saturated carbocycles. The fourth-order valence-corrected chi connectivity index (χ4v) is 3.38. The highest BCUT2D eigenvalue weighted by molar-refractivity contribution is 7.15. The highest BCUT2D eigenvalue weighted by Crippen LogP contribution is 2.34. The van der Waals surface area contributed by atoms with Gasteiger partial charge in [0.2, 0.25) is 0 Å². The number of furan rings is 1. The van der Waals surface area contributed by atoms with Crippen molar-refractivity contribution >= 4 is 11.3 Å². The van der Waals surface area contributed by atoms with Gasteiger partial charge in [-0.2, -0.15) is 0 Å². The smallest absolute Gasteiger partial charge is 0.144 e. The Morgan fingerprint density at radius 1 is 1.10 bits per heavy atom. The van der Waals surface area contributed by atoms with Crippen molar-refractivity contribution in [3.05, 3.63) is 70.8 Å². The first-order chi connectivity index (χ1) is 9.86. The maximum atomic E-state index is 5.56. The minimum atomic E-state index is 0.646. The Bertz CT molecular complexity index is 654. The zero-order valence-electron chi connectivity index (χ0n) is 11.3. The van der Waals surface area contributed by atoms with Gasteiger partial charge in [-0.1, -0.05) is 30.3 Å². The maximum Gasteiger partial charge on any atom is 0.144 e. The normalized spacial score (nSPS) is 10.8. The predicted octanol–water partition coefficient (Wildman–Crippen LogP) is 4.75. The highest BCUT2D eigenvalue weighted by atomic mass is 32.1. The Hall–Kier alpha value is -1.84. The molecule has 0 aliphatic carbocycles. The molecule has 0 fully saturated rings. The van der Waals surface area contributed by atoms with Crippen molar-refractivity contribution in [2.24, 2.45) is 0 Å². The largest absolute Gasteiger partial charge is 0.464 e. The Morgan fingerprint density at radius 2 is 1.95 bits per heavy atom. The number of ether oxygens (including phenoxy) is 1. The molecule has 3 aromatic rings. The van der Waals surface area contributed by atoms with Crippen molar-refractivity contribution in [3.8, 4) is 10.6 Å². The lowest BCUT2D eigenvalue weighted by atomic mass is 10.0. The van der Waals surface area contributed by atoms with Crippen LogP contribution in [0.25, 0.3) is 10.6 Å². The summed E-state index contributed by atoms with van der Waals surface area (Å²) in [5.74, 6) is 0.934. The van der Waals surface area contributed by atoms with Crippen LogP contribution in [0.5, 0.6) is 0 Å². The van der Waals surface area contributed by atoms with Crippen LogP contribution < -0.4 is 0 Å². The fourth-order valence-electron chi connectivity index (χ4n) is 2.26. The third kappa shape index (κ3) is 2.84. The van der Waals surface area contributed by atoms with Crippen molar-refractivity contribution in [1.29, 1.82) is 0 Å². The summed E-state index contributed by atoms with van der Waals surface area (Å²) < 4.78 is 10.8. The molecule has 0 N–H and O–H groups in total. The van der Waals surface area contributed by atoms with Gasteiger partial charge in [-0.05, 0) is 35.7 Å². The second-order valence-corrected chi connectivity index (χ2v) is 5.78. The quantitative estimate of drug-likeness (QED) is 0.675. The molecule has 3 rings (SSSR count). The number of hydrogen-bond donors (Lipinski definition) is 0. The predicted molar refractivity (Wildman–Crippen MR) is 82.0 cm³/mol. The number of benzene rings is 1. The Kier molecular flexibility index (Phi) is 4.00. The van der Waals surface area contributed by atoms with E-state index >= 15 is 0 Å². The summed E-state index contributed by atoms with van der Waals surface area (Å²) >= 11 is 1.74. The van der Waals surface area contributed by atoms with Gasteiger partial charge >= 0.3 is 0 Å². The van der Waals surface area contributed by atoms with Crippen LogP contribution >= 0.6 is 11.3 Å². The maximum absolute atomic E-state index is 5.56. The molecule has 0 unspecified atom stereocenters. The van der Waals surface area contributed by atoms with Crippen LogP contribution in [-0.4, -0.2) is 7.11 Å². The Morgan fingerprint density at radius 3 is 2.65 bits per heavy atom. The second kappa shape index (κ2) is 6.07. The molecule has 2 aromatic heterocycles. The van der Waals surface area contributed by atoms with Gasteiger partial charge in [-0.25, -0.2) is 0 Å². The minimum absolute atomic E-state index is 0.646. The molecule has 0 bridgehead atoms. The molecule has 20 heavy (non-hydrogen) atoms. The van der Waals surface area contributed by atoms with E-state index in [9.17, 15) is 0 Å². The molecule has 0 saturated heterocycles. The molecular weight excluding hydrogens is 268 g/mol. The van der Waals surface area contributed by atoms with Gasteiger partial charge in [0.15, 0.2) is 0 Å². The van der Waals surface area contributed by atoms with E-state index in [2.05, 4.69) is 30.3 Å². The van der Waals surface area contributed by atoms with Gasteiger partial charge in [-0.15, -0.1) is 11.3 Å². The first-order valence-corrected chi connectivity index (χ1v) is 7.37. The van der Waals surface area contributed by atoms with Gasteiger partial charge in [0.25, 0.3) is 0 Å². The summed E-state index contributed by atoms with van der Waals surface area (Å²) in [4.78, 5) is 2.43. The van der Waals surface area contributed by atoms with E-state index in [1.165, 1.54) is 20.9 Å². The standard InChI is InChI=1S/C17H16O2S/c1-18-12-15-11-14(10-13-6-3-2-4-7-13)17(20-15)16-8-5-9-19-16/h2-9,11H,10,12H2,1H3. The van der Waals surface area contributed by atoms with E-state index in [0.29, 0.717) is 6.61 Å². The zero-order chi connectivity index (χ0) is 13.8. The number of methoxy groups -OCH3 is 1. The van der Waals surface area contributed by atoms with Gasteiger partial charge in [0.1, 0.15) is 5.76 Å². The van der Waals surface area contributed by atoms with Crippen molar-refractivity contribution in [2.75, 3.05) is 7.11 Å². The number of hydrogen-bond acceptors (Lipinski definition) is 3. The molecule has 2 nitrogen and oxygen atoms in total. The molecule has 0 aliphatic rings. The van der Waals surface area contributed by atoms with E-state index in [4.69, 9.17) is 9.15 Å². The third-order valence-electron chi connectivity index (χ3n) is 3.13. The molecule has 0 spiro atoms. The summed E-state index contributed by atoms with van der Waals surface area (Å²) in [5.41, 5.74) is 2.60. The molecule has 3 heteroatoms. The Balaban J connectivity index is 1.96. The van der Waals surface area contributed by atoms with Crippen molar-refractivity contribution in [2.45, 2.75) is 13.0 Å². The molecule has 0 amide bonds. The van der Waals surface area contributed by atoms with Crippen LogP contribution in [0, 0.1) is 0 Å². The summed E-state index contributed by atoms with van der Waals surface area (Å²) in [6.07, 6.45) is 2.63. The van der Waals surface area contributed by atoms with Crippen LogP contribution in [0.15, 0.2) is 59.2 Å². The first-order valence-electron chi connectivity index (χ1n) is 6.55. The van der Waals surface area contributed by atoms with E-state index in [0.717, 1.165) is 12.2 Å². The van der Waals surface area contributed by atoms with Crippen molar-refractivity contribution in [3.63, 3.8) is 0 Å². The van der Waals surface area contributed by atoms with Gasteiger partial charge < -0.3 is 9.15 Å². The van der Waals surface area contributed by atoms with Gasteiger partial charge in [-0.3, -0.25) is 0 Å². The molecular formula is C17H16O2S. The Labute approximate surface area is 122 Å². The lowest BCUT2D eigenvalue weighted by Gasteiger charge is -2.01. The van der Waals surface area contributed by atoms with Crippen LogP contribution in [0.1, 0.15) is 16.0 Å². The van der Waals surface area contributed by atoms with Crippen LogP contribution in [0.2, 0.25) is 0 Å². The van der Waals surface area contributed by atoms with Gasteiger partial charge in [0.05, 0.1) is 17.7 Å². The molecule has 0 atom stereocenters. The van der Waals surface area contributed by atoms with Crippen LogP contribution in [0.3, 0.4) is 0 Å². The lowest BCUT2D eigenvalue weighted by Crippen LogP contribution is -1.87. The molecule has 0 radical (unpaired) electrons. The number of rotatable bonds is 5. The number of thiophene rings is 1. The SMILES string of the molecule is COCc1cc(Cc2ccccc2)c(-c2ccco2)s1. The summed E-state index contributed by atoms with van der Waals surface area (Å²) in [5, 5.41) is 0. The van der Waals surface area contributed by atoms with E-state index in [-0.39, 0.29) is 0 Å². The summed E-state index contributed by atoms with van der Waals surface area (Å²) in [7, 11) is 1.73. The van der Waals surface area contributed by atoms with Crippen LogP contribution in [0.4, 0.5) is 0 Å². The topological polar surface area (TPSA) is 22.4 Å². The molecule has 0 aliphatic heterocycles. The average molecular weight is 284 g/mol. The average Bonchev–Trinajstić information content (AvgIpc) is 3.10. The fraction of sp³-hybridized carbons (Fsp3) is 0.176. The molecule has 1 aromatic carbocycles. The van der Waals surface area contributed by atoms with Gasteiger partial charge in [0, 0.05) is 12.0 Å².